The molecule has 2 aromatic heterocycles. The summed E-state index contributed by atoms with van der Waals surface area (Å²) >= 11 is 6.92. The van der Waals surface area contributed by atoms with Crippen molar-refractivity contribution in [2.24, 2.45) is 0 Å². The maximum absolute atomic E-state index is 12.9. The number of hydrogen-bond acceptors (Lipinski definition) is 5. The predicted molar refractivity (Wildman–Crippen MR) is 147 cm³/mol. The summed E-state index contributed by atoms with van der Waals surface area (Å²) < 4.78 is 7.07. The minimum Gasteiger partial charge on any atom is -0.462 e. The molecule has 0 spiro atoms. The Morgan fingerprint density at radius 3 is 1.97 bits per heavy atom. The minimum atomic E-state index is -0.463. The van der Waals surface area contributed by atoms with Crippen LogP contribution in [0.1, 0.15) is 34.1 Å². The van der Waals surface area contributed by atoms with Crippen molar-refractivity contribution in [2.75, 3.05) is 11.5 Å². The van der Waals surface area contributed by atoms with E-state index in [1.165, 1.54) is 0 Å². The number of rotatable bonds is 8. The second kappa shape index (κ2) is 10.8. The van der Waals surface area contributed by atoms with Crippen LogP contribution >= 0.6 is 11.6 Å². The number of halogens is 1. The Hall–Kier alpha value is -4.16. The fourth-order valence-corrected chi connectivity index (χ4v) is 4.79. The van der Waals surface area contributed by atoms with Crippen molar-refractivity contribution >= 4 is 29.0 Å². The number of anilines is 1. The predicted octanol–water partition coefficient (Wildman–Crippen LogP) is 6.74. The average molecular weight is 511 g/mol. The number of hydrogen-bond donors (Lipinski definition) is 0. The molecule has 0 fully saturated rings. The lowest BCUT2D eigenvalue weighted by atomic mass is 10.1. The largest absolute Gasteiger partial charge is 0.462 e. The van der Waals surface area contributed by atoms with Crippen LogP contribution in [0.3, 0.4) is 0 Å². The van der Waals surface area contributed by atoms with Gasteiger partial charge in [-0.3, -0.25) is 0 Å². The summed E-state index contributed by atoms with van der Waals surface area (Å²) in [5.41, 5.74) is 5.16. The first-order valence-corrected chi connectivity index (χ1v) is 12.6. The smallest absolute Gasteiger partial charge is 0.343 e. The van der Waals surface area contributed by atoms with E-state index in [0.717, 1.165) is 28.1 Å². The third-order valence-corrected chi connectivity index (χ3v) is 6.42. The number of benzene rings is 3. The van der Waals surface area contributed by atoms with Gasteiger partial charge in [0.05, 0.1) is 17.9 Å². The summed E-state index contributed by atoms with van der Waals surface area (Å²) in [6, 6.07) is 30.4. The number of fused-ring (bicyclic) bond motifs is 1. The number of ether oxygens (including phenoxy) is 1. The van der Waals surface area contributed by atoms with Gasteiger partial charge < -0.3 is 9.64 Å². The Balaban J connectivity index is 1.79. The van der Waals surface area contributed by atoms with Crippen molar-refractivity contribution in [3.05, 3.63) is 119 Å². The quantitative estimate of drug-likeness (QED) is 0.171. The van der Waals surface area contributed by atoms with Crippen molar-refractivity contribution in [2.45, 2.75) is 26.9 Å². The standard InChI is InChI=1S/C30H27ClN4O2/c1-3-37-30(36)25-21(2)33-35-28(25)32-27(31)26(24-17-11-6-12-18-24)29(35)34(19-22-13-7-4-8-14-22)20-23-15-9-5-10-16-23/h4-18H,3,19-20H2,1-2H3. The number of nitrogens with zero attached hydrogens (tertiary/aromatic N) is 4. The van der Waals surface area contributed by atoms with Crippen LogP contribution in [-0.4, -0.2) is 27.2 Å². The lowest BCUT2D eigenvalue weighted by molar-refractivity contribution is 0.0527. The van der Waals surface area contributed by atoms with E-state index in [9.17, 15) is 4.79 Å². The highest BCUT2D eigenvalue weighted by atomic mass is 35.5. The number of aromatic nitrogens is 3. The highest BCUT2D eigenvalue weighted by molar-refractivity contribution is 6.33. The maximum atomic E-state index is 12.9. The molecule has 0 aliphatic heterocycles. The molecular formula is C30H27ClN4O2. The average Bonchev–Trinajstić information content (AvgIpc) is 3.24. The van der Waals surface area contributed by atoms with E-state index in [4.69, 9.17) is 21.4 Å². The Bertz CT molecular complexity index is 1480. The molecule has 5 aromatic rings. The second-order valence-corrected chi connectivity index (χ2v) is 9.07. The Labute approximate surface area is 221 Å². The molecule has 0 atom stereocenters. The third-order valence-electron chi connectivity index (χ3n) is 6.14. The fourth-order valence-electron chi connectivity index (χ4n) is 4.51. The summed E-state index contributed by atoms with van der Waals surface area (Å²) in [6.45, 7) is 5.02. The van der Waals surface area contributed by atoms with Crippen molar-refractivity contribution < 1.29 is 9.53 Å². The van der Waals surface area contributed by atoms with Gasteiger partial charge in [0.1, 0.15) is 16.5 Å². The number of carbonyl (C=O) groups is 1. The summed E-state index contributed by atoms with van der Waals surface area (Å²) in [4.78, 5) is 19.8. The van der Waals surface area contributed by atoms with Gasteiger partial charge in [-0.05, 0) is 30.5 Å². The molecule has 0 unspecified atom stereocenters. The van der Waals surface area contributed by atoms with Crippen molar-refractivity contribution in [1.29, 1.82) is 0 Å². The van der Waals surface area contributed by atoms with Crippen molar-refractivity contribution in [3.8, 4) is 11.1 Å². The maximum Gasteiger partial charge on any atom is 0.343 e. The van der Waals surface area contributed by atoms with Gasteiger partial charge in [0.25, 0.3) is 0 Å². The van der Waals surface area contributed by atoms with Gasteiger partial charge in [-0.2, -0.15) is 9.61 Å². The highest BCUT2D eigenvalue weighted by Crippen LogP contribution is 2.39. The van der Waals surface area contributed by atoms with Crippen molar-refractivity contribution in [1.82, 2.24) is 14.6 Å². The molecule has 0 N–H and O–H groups in total. The molecule has 0 saturated heterocycles. The van der Waals surface area contributed by atoms with Gasteiger partial charge in [-0.25, -0.2) is 9.78 Å². The van der Waals surface area contributed by atoms with E-state index in [1.807, 2.05) is 66.7 Å². The van der Waals surface area contributed by atoms with Gasteiger partial charge in [0.15, 0.2) is 5.65 Å². The zero-order valence-electron chi connectivity index (χ0n) is 20.8. The molecule has 0 radical (unpaired) electrons. The van der Waals surface area contributed by atoms with Gasteiger partial charge >= 0.3 is 5.97 Å². The topological polar surface area (TPSA) is 59.7 Å². The fraction of sp³-hybridized carbons (Fsp3) is 0.167. The first-order valence-electron chi connectivity index (χ1n) is 12.2. The van der Waals surface area contributed by atoms with Crippen LogP contribution in [-0.2, 0) is 17.8 Å². The molecule has 5 rings (SSSR count). The van der Waals surface area contributed by atoms with Crippen LogP contribution in [0.2, 0.25) is 5.15 Å². The number of carbonyl (C=O) groups excluding carboxylic acids is 1. The first-order chi connectivity index (χ1) is 18.1. The van der Waals surface area contributed by atoms with Crippen LogP contribution in [0.25, 0.3) is 16.8 Å². The van der Waals surface area contributed by atoms with E-state index in [2.05, 4.69) is 34.1 Å². The van der Waals surface area contributed by atoms with Crippen molar-refractivity contribution in [3.63, 3.8) is 0 Å². The van der Waals surface area contributed by atoms with Crippen LogP contribution in [0, 0.1) is 6.92 Å². The summed E-state index contributed by atoms with van der Waals surface area (Å²) in [5, 5.41) is 5.10. The van der Waals surface area contributed by atoms with Crippen LogP contribution < -0.4 is 4.90 Å². The SMILES string of the molecule is CCOC(=O)c1c(C)nn2c(N(Cc3ccccc3)Cc3ccccc3)c(-c3ccccc3)c(Cl)nc12. The summed E-state index contributed by atoms with van der Waals surface area (Å²) in [5.74, 6) is 0.294. The molecule has 37 heavy (non-hydrogen) atoms. The molecule has 0 amide bonds. The number of aryl methyl sites for hydroxylation is 1. The van der Waals surface area contributed by atoms with Crippen LogP contribution in [0.4, 0.5) is 5.82 Å². The Kier molecular flexibility index (Phi) is 7.19. The van der Waals surface area contributed by atoms with Crippen LogP contribution in [0.15, 0.2) is 91.0 Å². The van der Waals surface area contributed by atoms with E-state index < -0.39 is 5.97 Å². The molecule has 0 aliphatic rings. The first kappa shape index (κ1) is 24.5. The Morgan fingerprint density at radius 2 is 1.43 bits per heavy atom. The van der Waals surface area contributed by atoms with Gasteiger partial charge in [-0.1, -0.05) is 103 Å². The summed E-state index contributed by atoms with van der Waals surface area (Å²) in [7, 11) is 0. The van der Waals surface area contributed by atoms with Gasteiger partial charge in [0.2, 0.25) is 0 Å². The molecule has 186 valence electrons. The van der Waals surface area contributed by atoms with Gasteiger partial charge in [0, 0.05) is 13.1 Å². The zero-order valence-corrected chi connectivity index (χ0v) is 21.5. The third kappa shape index (κ3) is 5.06. The lowest BCUT2D eigenvalue weighted by Crippen LogP contribution is -2.26. The molecule has 0 saturated carbocycles. The Morgan fingerprint density at radius 1 is 0.892 bits per heavy atom. The lowest BCUT2D eigenvalue weighted by Gasteiger charge is -2.28. The van der Waals surface area contributed by atoms with E-state index in [0.29, 0.717) is 35.1 Å². The van der Waals surface area contributed by atoms with E-state index in [1.54, 1.807) is 18.4 Å². The highest BCUT2D eigenvalue weighted by Gasteiger charge is 2.28. The second-order valence-electron chi connectivity index (χ2n) is 8.71. The number of esters is 1. The summed E-state index contributed by atoms with van der Waals surface area (Å²) in [6.07, 6.45) is 0. The van der Waals surface area contributed by atoms with E-state index >= 15 is 0 Å². The van der Waals surface area contributed by atoms with E-state index in [-0.39, 0.29) is 6.61 Å². The minimum absolute atomic E-state index is 0.256. The molecule has 0 aliphatic carbocycles. The zero-order chi connectivity index (χ0) is 25.8. The van der Waals surface area contributed by atoms with Gasteiger partial charge in [-0.15, -0.1) is 0 Å². The molecule has 6 nitrogen and oxygen atoms in total. The van der Waals surface area contributed by atoms with Crippen LogP contribution in [0.5, 0.6) is 0 Å². The molecular weight excluding hydrogens is 484 g/mol. The molecule has 2 heterocycles. The molecule has 3 aromatic carbocycles. The molecule has 0 bridgehead atoms. The normalized spacial score (nSPS) is 11.0. The molecule has 7 heteroatoms. The monoisotopic (exact) mass is 510 g/mol.